The van der Waals surface area contributed by atoms with E-state index < -0.39 is 11.4 Å². The number of carboxylic acid groups (broad SMARTS) is 1. The Hall–Kier alpha value is -1.36. The van der Waals surface area contributed by atoms with E-state index in [0.717, 1.165) is 10.0 Å². The summed E-state index contributed by atoms with van der Waals surface area (Å²) in [5.41, 5.74) is -0.0926. The highest BCUT2D eigenvalue weighted by Crippen LogP contribution is 2.32. The summed E-state index contributed by atoms with van der Waals surface area (Å²) in [7, 11) is 0. The van der Waals surface area contributed by atoms with E-state index in [1.807, 2.05) is 45.0 Å². The van der Waals surface area contributed by atoms with Crippen LogP contribution >= 0.6 is 15.9 Å². The molecule has 0 aliphatic rings. The van der Waals surface area contributed by atoms with Gasteiger partial charge in [0.1, 0.15) is 0 Å². The molecular weight excluding hydrogens is 334 g/mol. The summed E-state index contributed by atoms with van der Waals surface area (Å²) in [6.45, 7) is 7.13. The molecular formula is C16H22BrNO3. The van der Waals surface area contributed by atoms with Crippen LogP contribution in [0, 0.1) is 11.3 Å². The summed E-state index contributed by atoms with van der Waals surface area (Å²) >= 11 is 3.45. The number of carboxylic acids is 1. The normalized spacial score (nSPS) is 15.3. The number of hydrogen-bond acceptors (Lipinski definition) is 2. The summed E-state index contributed by atoms with van der Waals surface area (Å²) in [6.07, 6.45) is -0.0329. The van der Waals surface area contributed by atoms with E-state index in [1.165, 1.54) is 0 Å². The van der Waals surface area contributed by atoms with Crippen LogP contribution in [0.1, 0.15) is 45.7 Å². The maximum Gasteiger partial charge on any atom is 0.310 e. The van der Waals surface area contributed by atoms with Crippen LogP contribution < -0.4 is 5.32 Å². The lowest BCUT2D eigenvalue weighted by atomic mass is 9.76. The van der Waals surface area contributed by atoms with Crippen LogP contribution in [0.15, 0.2) is 28.7 Å². The molecule has 0 aliphatic heterocycles. The first kappa shape index (κ1) is 17.7. The molecule has 0 aromatic heterocycles. The van der Waals surface area contributed by atoms with E-state index in [9.17, 15) is 14.7 Å². The number of nitrogens with one attached hydrogen (secondary N) is 1. The fourth-order valence-electron chi connectivity index (χ4n) is 2.06. The van der Waals surface area contributed by atoms with E-state index in [4.69, 9.17) is 0 Å². The highest BCUT2D eigenvalue weighted by atomic mass is 79.9. The topological polar surface area (TPSA) is 66.4 Å². The SMILES string of the molecule is CC(C)C(C)(CC(=O)N[C@H](C)c1ccccc1Br)C(=O)O. The number of benzene rings is 1. The van der Waals surface area contributed by atoms with Gasteiger partial charge in [-0.25, -0.2) is 0 Å². The van der Waals surface area contributed by atoms with Crippen molar-refractivity contribution in [3.63, 3.8) is 0 Å². The van der Waals surface area contributed by atoms with E-state index in [0.29, 0.717) is 0 Å². The zero-order valence-corrected chi connectivity index (χ0v) is 14.4. The van der Waals surface area contributed by atoms with Gasteiger partial charge in [-0.3, -0.25) is 9.59 Å². The summed E-state index contributed by atoms with van der Waals surface area (Å²) < 4.78 is 0.919. The molecule has 116 valence electrons. The first-order valence-electron chi connectivity index (χ1n) is 6.95. The number of hydrogen-bond donors (Lipinski definition) is 2. The molecule has 1 aromatic carbocycles. The smallest absolute Gasteiger partial charge is 0.310 e. The Morgan fingerprint density at radius 2 is 1.86 bits per heavy atom. The summed E-state index contributed by atoms with van der Waals surface area (Å²) in [5.74, 6) is -1.32. The van der Waals surface area contributed by atoms with Gasteiger partial charge in [-0.2, -0.15) is 0 Å². The molecule has 2 N–H and O–H groups in total. The van der Waals surface area contributed by atoms with E-state index >= 15 is 0 Å². The van der Waals surface area contributed by atoms with Crippen molar-refractivity contribution in [2.75, 3.05) is 0 Å². The van der Waals surface area contributed by atoms with Crippen LogP contribution in [0.3, 0.4) is 0 Å². The molecule has 1 amide bonds. The number of carbonyl (C=O) groups is 2. The second-order valence-corrected chi connectivity index (χ2v) is 6.72. The molecule has 2 atom stereocenters. The van der Waals surface area contributed by atoms with Crippen molar-refractivity contribution in [2.24, 2.45) is 11.3 Å². The van der Waals surface area contributed by atoms with Crippen molar-refractivity contribution in [3.05, 3.63) is 34.3 Å². The van der Waals surface area contributed by atoms with Gasteiger partial charge in [0.2, 0.25) is 5.91 Å². The minimum atomic E-state index is -1.06. The van der Waals surface area contributed by atoms with Gasteiger partial charge < -0.3 is 10.4 Å². The number of halogens is 1. The predicted octanol–water partition coefficient (Wildman–Crippen LogP) is 3.76. The van der Waals surface area contributed by atoms with Crippen molar-refractivity contribution in [1.29, 1.82) is 0 Å². The van der Waals surface area contributed by atoms with Crippen molar-refractivity contribution >= 4 is 27.8 Å². The fraction of sp³-hybridized carbons (Fsp3) is 0.500. The van der Waals surface area contributed by atoms with Gasteiger partial charge in [-0.15, -0.1) is 0 Å². The van der Waals surface area contributed by atoms with Crippen LogP contribution in [0.4, 0.5) is 0 Å². The Bertz CT molecular complexity index is 530. The lowest BCUT2D eigenvalue weighted by molar-refractivity contribution is -0.153. The van der Waals surface area contributed by atoms with Gasteiger partial charge in [0, 0.05) is 10.9 Å². The van der Waals surface area contributed by atoms with Gasteiger partial charge in [0.25, 0.3) is 0 Å². The number of aliphatic carboxylic acids is 1. The second-order valence-electron chi connectivity index (χ2n) is 5.86. The van der Waals surface area contributed by atoms with Crippen LogP contribution in [-0.4, -0.2) is 17.0 Å². The molecule has 0 spiro atoms. The van der Waals surface area contributed by atoms with Crippen molar-refractivity contribution < 1.29 is 14.7 Å². The number of carbonyl (C=O) groups excluding carboxylic acids is 1. The van der Waals surface area contributed by atoms with Crippen LogP contribution in [0.25, 0.3) is 0 Å². The lowest BCUT2D eigenvalue weighted by Gasteiger charge is -2.29. The number of rotatable bonds is 6. The van der Waals surface area contributed by atoms with Crippen molar-refractivity contribution in [3.8, 4) is 0 Å². The van der Waals surface area contributed by atoms with E-state index in [2.05, 4.69) is 21.2 Å². The molecule has 4 nitrogen and oxygen atoms in total. The van der Waals surface area contributed by atoms with E-state index in [-0.39, 0.29) is 24.3 Å². The average Bonchev–Trinajstić information content (AvgIpc) is 2.38. The Kier molecular flexibility index (Phi) is 5.96. The third kappa shape index (κ3) is 4.30. The van der Waals surface area contributed by atoms with Crippen LogP contribution in [0.5, 0.6) is 0 Å². The molecule has 0 aliphatic carbocycles. The highest BCUT2D eigenvalue weighted by molar-refractivity contribution is 9.10. The van der Waals surface area contributed by atoms with Crippen LogP contribution in [-0.2, 0) is 9.59 Å². The maximum absolute atomic E-state index is 12.2. The zero-order chi connectivity index (χ0) is 16.2. The molecule has 5 heteroatoms. The molecule has 0 saturated heterocycles. The Labute approximate surface area is 134 Å². The molecule has 0 radical (unpaired) electrons. The first-order valence-corrected chi connectivity index (χ1v) is 7.75. The Morgan fingerprint density at radius 3 is 2.33 bits per heavy atom. The summed E-state index contributed by atoms with van der Waals surface area (Å²) in [5, 5.41) is 12.2. The van der Waals surface area contributed by atoms with Crippen molar-refractivity contribution in [1.82, 2.24) is 5.32 Å². The van der Waals surface area contributed by atoms with Crippen LogP contribution in [0.2, 0.25) is 0 Å². The molecule has 1 aromatic rings. The predicted molar refractivity (Wildman–Crippen MR) is 85.9 cm³/mol. The molecule has 0 heterocycles. The van der Waals surface area contributed by atoms with Gasteiger partial charge in [-0.1, -0.05) is 48.0 Å². The minimum Gasteiger partial charge on any atom is -0.481 e. The third-order valence-corrected chi connectivity index (χ3v) is 4.76. The molecule has 0 bridgehead atoms. The lowest BCUT2D eigenvalue weighted by Crippen LogP contribution is -2.39. The van der Waals surface area contributed by atoms with Crippen molar-refractivity contribution in [2.45, 2.75) is 40.2 Å². The van der Waals surface area contributed by atoms with Gasteiger partial charge in [0.05, 0.1) is 11.5 Å². The largest absolute Gasteiger partial charge is 0.481 e. The van der Waals surface area contributed by atoms with Gasteiger partial charge in [-0.05, 0) is 31.4 Å². The summed E-state index contributed by atoms with van der Waals surface area (Å²) in [4.78, 5) is 23.6. The molecule has 0 saturated carbocycles. The molecule has 21 heavy (non-hydrogen) atoms. The van der Waals surface area contributed by atoms with Gasteiger partial charge >= 0.3 is 5.97 Å². The zero-order valence-electron chi connectivity index (χ0n) is 12.8. The monoisotopic (exact) mass is 355 g/mol. The summed E-state index contributed by atoms with van der Waals surface area (Å²) in [6, 6.07) is 7.46. The first-order chi connectivity index (χ1) is 9.68. The third-order valence-electron chi connectivity index (χ3n) is 4.04. The average molecular weight is 356 g/mol. The standard InChI is InChI=1S/C16H22BrNO3/c1-10(2)16(4,15(20)21)9-14(19)18-11(3)12-7-5-6-8-13(12)17/h5-8,10-11H,9H2,1-4H3,(H,18,19)(H,20,21)/t11-,16?/m1/s1. The highest BCUT2D eigenvalue weighted by Gasteiger charge is 2.39. The van der Waals surface area contributed by atoms with Gasteiger partial charge in [0.15, 0.2) is 0 Å². The molecule has 1 rings (SSSR count). The Balaban J connectivity index is 2.78. The second kappa shape index (κ2) is 7.07. The minimum absolute atomic E-state index is 0.0329. The molecule has 0 fully saturated rings. The Morgan fingerprint density at radius 1 is 1.29 bits per heavy atom. The fourth-order valence-corrected chi connectivity index (χ4v) is 2.68. The number of amides is 1. The maximum atomic E-state index is 12.2. The van der Waals surface area contributed by atoms with E-state index in [1.54, 1.807) is 6.92 Å². The molecule has 1 unspecified atom stereocenters. The quantitative estimate of drug-likeness (QED) is 0.816.